The van der Waals surface area contributed by atoms with Gasteiger partial charge in [-0.1, -0.05) is 72.8 Å². The van der Waals surface area contributed by atoms with E-state index in [1.807, 2.05) is 0 Å². The quantitative estimate of drug-likeness (QED) is 0.346. The lowest BCUT2D eigenvalue weighted by Crippen LogP contribution is -2.55. The summed E-state index contributed by atoms with van der Waals surface area (Å²) >= 11 is 0. The van der Waals surface area contributed by atoms with Crippen molar-refractivity contribution in [1.82, 2.24) is 0 Å². The second-order valence-corrected chi connectivity index (χ2v) is 7.32. The summed E-state index contributed by atoms with van der Waals surface area (Å²) < 4.78 is 5.36. The first kappa shape index (κ1) is 21.8. The van der Waals surface area contributed by atoms with Gasteiger partial charge in [-0.2, -0.15) is 5.26 Å². The minimum atomic E-state index is -1.91. The molecule has 0 bridgehead atoms. The number of nitrogens with zero attached hydrogens (tertiary/aromatic N) is 1. The smallest absolute Gasteiger partial charge is 0.322 e. The van der Waals surface area contributed by atoms with Crippen molar-refractivity contribution in [2.24, 2.45) is 5.41 Å². The summed E-state index contributed by atoms with van der Waals surface area (Å²) in [6.45, 7) is 3.17. The first-order chi connectivity index (χ1) is 14.9. The Bertz CT molecular complexity index is 1100. The molecule has 0 aromatic heterocycles. The van der Waals surface area contributed by atoms with Crippen LogP contribution in [0.2, 0.25) is 0 Å². The Labute approximate surface area is 181 Å². The van der Waals surface area contributed by atoms with E-state index in [0.717, 1.165) is 0 Å². The molecule has 3 aromatic rings. The molecule has 3 aromatic carbocycles. The van der Waals surface area contributed by atoms with Crippen LogP contribution < -0.4 is 0 Å². The predicted molar refractivity (Wildman–Crippen MR) is 116 cm³/mol. The summed E-state index contributed by atoms with van der Waals surface area (Å²) in [4.78, 5) is 27.4. The van der Waals surface area contributed by atoms with E-state index in [1.54, 1.807) is 79.7 Å². The van der Waals surface area contributed by atoms with Gasteiger partial charge in [0.05, 0.1) is 12.7 Å². The molecule has 5 heteroatoms. The van der Waals surface area contributed by atoms with Crippen molar-refractivity contribution in [2.75, 3.05) is 6.61 Å². The molecule has 0 aliphatic carbocycles. The van der Waals surface area contributed by atoms with Crippen molar-refractivity contribution in [1.29, 1.82) is 5.26 Å². The van der Waals surface area contributed by atoms with Gasteiger partial charge in [-0.25, -0.2) is 0 Å². The van der Waals surface area contributed by atoms with Crippen LogP contribution in [0.4, 0.5) is 0 Å². The summed E-state index contributed by atoms with van der Waals surface area (Å²) in [6.07, 6.45) is 0. The number of ketones is 1. The maximum Gasteiger partial charge on any atom is 0.322 e. The number of phenols is 1. The fourth-order valence-electron chi connectivity index (χ4n) is 3.95. The molecule has 0 spiro atoms. The van der Waals surface area contributed by atoms with Crippen molar-refractivity contribution in [3.63, 3.8) is 0 Å². The highest BCUT2D eigenvalue weighted by Gasteiger charge is 2.61. The number of carbonyl (C=O) groups excluding carboxylic acids is 2. The molecule has 0 amide bonds. The fraction of sp³-hybridized carbons (Fsp3) is 0.192. The molecule has 0 heterocycles. The molecule has 3 rings (SSSR count). The SMILES string of the molecule is CCOC(=O)C(C)(C(=O)c1ccccc1)C(C#N)(c1ccccc1)c1ccc(O)cc1. The third-order valence-corrected chi connectivity index (χ3v) is 5.60. The van der Waals surface area contributed by atoms with Crippen LogP contribution in [0.1, 0.15) is 35.3 Å². The lowest BCUT2D eigenvalue weighted by molar-refractivity contribution is -0.153. The van der Waals surface area contributed by atoms with Gasteiger partial charge in [0.1, 0.15) is 11.2 Å². The van der Waals surface area contributed by atoms with Crippen LogP contribution in [-0.4, -0.2) is 23.5 Å². The number of Topliss-reactive ketones (excluding diaryl/α,β-unsaturated/α-hetero) is 1. The molecule has 5 nitrogen and oxygen atoms in total. The van der Waals surface area contributed by atoms with E-state index < -0.39 is 22.6 Å². The van der Waals surface area contributed by atoms with Crippen LogP contribution in [0.25, 0.3) is 0 Å². The van der Waals surface area contributed by atoms with Gasteiger partial charge < -0.3 is 9.84 Å². The largest absolute Gasteiger partial charge is 0.508 e. The van der Waals surface area contributed by atoms with Gasteiger partial charge >= 0.3 is 5.97 Å². The van der Waals surface area contributed by atoms with Gasteiger partial charge in [-0.3, -0.25) is 9.59 Å². The van der Waals surface area contributed by atoms with Gasteiger partial charge in [0.25, 0.3) is 0 Å². The zero-order valence-electron chi connectivity index (χ0n) is 17.4. The number of phenolic OH excluding ortho intramolecular Hbond substituents is 1. The Hall–Kier alpha value is -3.91. The number of ether oxygens (including phenoxy) is 1. The van der Waals surface area contributed by atoms with E-state index in [4.69, 9.17) is 4.74 Å². The van der Waals surface area contributed by atoms with E-state index >= 15 is 0 Å². The Morgan fingerprint density at radius 3 is 1.94 bits per heavy atom. The molecular weight excluding hydrogens is 390 g/mol. The molecule has 0 saturated heterocycles. The average Bonchev–Trinajstić information content (AvgIpc) is 2.81. The zero-order valence-corrected chi connectivity index (χ0v) is 17.4. The fourth-order valence-corrected chi connectivity index (χ4v) is 3.95. The normalized spacial score (nSPS) is 14.5. The van der Waals surface area contributed by atoms with Crippen LogP contribution >= 0.6 is 0 Å². The van der Waals surface area contributed by atoms with Crippen molar-refractivity contribution in [2.45, 2.75) is 19.3 Å². The average molecular weight is 413 g/mol. The standard InChI is InChI=1S/C26H23NO4/c1-3-31-24(30)25(2,23(29)19-10-6-4-7-11-19)26(18-27,20-12-8-5-9-13-20)21-14-16-22(28)17-15-21/h4-17,28H,3H2,1-2H3. The minimum Gasteiger partial charge on any atom is -0.508 e. The van der Waals surface area contributed by atoms with Crippen LogP contribution in [-0.2, 0) is 14.9 Å². The Morgan fingerprint density at radius 2 is 1.42 bits per heavy atom. The molecule has 1 N–H and O–H groups in total. The van der Waals surface area contributed by atoms with Gasteiger partial charge in [-0.05, 0) is 37.1 Å². The maximum atomic E-state index is 13.9. The first-order valence-electron chi connectivity index (χ1n) is 9.95. The van der Waals surface area contributed by atoms with Gasteiger partial charge in [0.2, 0.25) is 0 Å². The van der Waals surface area contributed by atoms with Crippen LogP contribution in [0.3, 0.4) is 0 Å². The number of hydrogen-bond donors (Lipinski definition) is 1. The molecular formula is C26H23NO4. The first-order valence-corrected chi connectivity index (χ1v) is 9.95. The van der Waals surface area contributed by atoms with Crippen molar-refractivity contribution >= 4 is 11.8 Å². The van der Waals surface area contributed by atoms with Crippen molar-refractivity contribution in [3.05, 3.63) is 102 Å². The number of nitriles is 1. The lowest BCUT2D eigenvalue weighted by atomic mass is 9.55. The summed E-state index contributed by atoms with van der Waals surface area (Å²) in [5.74, 6) is -1.30. The number of hydrogen-bond acceptors (Lipinski definition) is 5. The Balaban J connectivity index is 2.41. The molecule has 0 radical (unpaired) electrons. The van der Waals surface area contributed by atoms with Gasteiger partial charge in [0.15, 0.2) is 11.2 Å². The zero-order chi connectivity index (χ0) is 22.5. The third kappa shape index (κ3) is 3.57. The molecule has 0 aliphatic rings. The van der Waals surface area contributed by atoms with Crippen LogP contribution in [0.15, 0.2) is 84.9 Å². The van der Waals surface area contributed by atoms with Gasteiger partial charge in [-0.15, -0.1) is 0 Å². The van der Waals surface area contributed by atoms with E-state index in [-0.39, 0.29) is 12.4 Å². The van der Waals surface area contributed by atoms with Crippen LogP contribution in [0, 0.1) is 16.7 Å². The highest BCUT2D eigenvalue weighted by atomic mass is 16.5. The topological polar surface area (TPSA) is 87.4 Å². The van der Waals surface area contributed by atoms with E-state index in [2.05, 4.69) is 6.07 Å². The molecule has 31 heavy (non-hydrogen) atoms. The second-order valence-electron chi connectivity index (χ2n) is 7.32. The number of benzene rings is 3. The summed E-state index contributed by atoms with van der Waals surface area (Å²) in [5.41, 5.74) is -2.44. The summed E-state index contributed by atoms with van der Waals surface area (Å²) in [5, 5.41) is 20.4. The number of rotatable bonds is 7. The van der Waals surface area contributed by atoms with Gasteiger partial charge in [0, 0.05) is 5.56 Å². The van der Waals surface area contributed by atoms with Crippen molar-refractivity contribution in [3.8, 4) is 11.8 Å². The number of aromatic hydroxyl groups is 1. The maximum absolute atomic E-state index is 13.9. The molecule has 2 unspecified atom stereocenters. The van der Waals surface area contributed by atoms with E-state index in [0.29, 0.717) is 16.7 Å². The summed E-state index contributed by atoms with van der Waals surface area (Å²) in [7, 11) is 0. The lowest BCUT2D eigenvalue weighted by Gasteiger charge is -2.41. The molecule has 0 saturated carbocycles. The van der Waals surface area contributed by atoms with Crippen molar-refractivity contribution < 1.29 is 19.4 Å². The Morgan fingerprint density at radius 1 is 0.903 bits per heavy atom. The highest BCUT2D eigenvalue weighted by Crippen LogP contribution is 2.50. The summed E-state index contributed by atoms with van der Waals surface area (Å²) in [6, 6.07) is 25.4. The molecule has 0 aliphatic heterocycles. The second kappa shape index (κ2) is 8.85. The Kier molecular flexibility index (Phi) is 6.22. The predicted octanol–water partition coefficient (Wildman–Crippen LogP) is 4.65. The minimum absolute atomic E-state index is 0.0101. The monoisotopic (exact) mass is 413 g/mol. The highest BCUT2D eigenvalue weighted by molar-refractivity contribution is 6.14. The molecule has 156 valence electrons. The molecule has 0 fully saturated rings. The van der Waals surface area contributed by atoms with E-state index in [1.165, 1.54) is 19.1 Å². The number of carbonyl (C=O) groups is 2. The van der Waals surface area contributed by atoms with E-state index in [9.17, 15) is 20.0 Å². The number of esters is 1. The van der Waals surface area contributed by atoms with Crippen LogP contribution in [0.5, 0.6) is 5.75 Å². The molecule has 2 atom stereocenters. The third-order valence-electron chi connectivity index (χ3n) is 5.60.